The lowest BCUT2D eigenvalue weighted by Gasteiger charge is -2.19. The van der Waals surface area contributed by atoms with Gasteiger partial charge in [0.2, 0.25) is 5.91 Å². The highest BCUT2D eigenvalue weighted by molar-refractivity contribution is 5.85. The van der Waals surface area contributed by atoms with Crippen LogP contribution in [0.1, 0.15) is 26.2 Å². The summed E-state index contributed by atoms with van der Waals surface area (Å²) in [6.45, 7) is 2.44. The largest absolute Gasteiger partial charge is 0.341 e. The van der Waals surface area contributed by atoms with Gasteiger partial charge in [-0.1, -0.05) is 6.92 Å². The van der Waals surface area contributed by atoms with Gasteiger partial charge in [0.15, 0.2) is 0 Å². The van der Waals surface area contributed by atoms with Crippen molar-refractivity contribution < 1.29 is 13.6 Å². The van der Waals surface area contributed by atoms with Crippen molar-refractivity contribution in [2.24, 2.45) is 11.1 Å². The Balaban J connectivity index is 0.00000128. The highest BCUT2D eigenvalue weighted by atomic mass is 35.5. The smallest absolute Gasteiger partial charge is 0.256 e. The molecule has 1 saturated heterocycles. The average Bonchev–Trinajstić information content (AvgIpc) is 2.58. The zero-order chi connectivity index (χ0) is 11.3. The van der Waals surface area contributed by atoms with Crippen molar-refractivity contribution in [3.63, 3.8) is 0 Å². The number of hydrogen-bond donors (Lipinski definition) is 1. The first kappa shape index (κ1) is 13.6. The third-order valence-corrected chi connectivity index (χ3v) is 3.63. The summed E-state index contributed by atoms with van der Waals surface area (Å²) in [6.07, 6.45) is 0.909. The normalized spacial score (nSPS) is 32.4. The summed E-state index contributed by atoms with van der Waals surface area (Å²) in [7, 11) is 0. The Labute approximate surface area is 99.8 Å². The van der Waals surface area contributed by atoms with Gasteiger partial charge in [0, 0.05) is 19.5 Å². The predicted octanol–water partition coefficient (Wildman–Crippen LogP) is 1.40. The number of halogens is 3. The Morgan fingerprint density at radius 3 is 2.50 bits per heavy atom. The van der Waals surface area contributed by atoms with Crippen molar-refractivity contribution in [1.82, 2.24) is 4.90 Å². The number of rotatable bonds is 2. The van der Waals surface area contributed by atoms with E-state index in [0.29, 0.717) is 19.4 Å². The number of hydrogen-bond acceptors (Lipinski definition) is 2. The molecule has 1 spiro atoms. The van der Waals surface area contributed by atoms with Crippen LogP contribution in [0.5, 0.6) is 0 Å². The van der Waals surface area contributed by atoms with Crippen LogP contribution in [0.4, 0.5) is 8.78 Å². The van der Waals surface area contributed by atoms with Crippen molar-refractivity contribution in [2.45, 2.75) is 38.2 Å². The second-order valence-electron chi connectivity index (χ2n) is 4.69. The minimum absolute atomic E-state index is 0. The molecule has 1 heterocycles. The zero-order valence-electron chi connectivity index (χ0n) is 9.21. The first-order valence-electron chi connectivity index (χ1n) is 5.34. The molecule has 2 rings (SSSR count). The molecule has 0 aromatic rings. The first-order valence-corrected chi connectivity index (χ1v) is 5.34. The molecule has 0 aromatic heterocycles. The minimum atomic E-state index is -2.56. The van der Waals surface area contributed by atoms with Gasteiger partial charge >= 0.3 is 0 Å². The monoisotopic (exact) mass is 254 g/mol. The van der Waals surface area contributed by atoms with Gasteiger partial charge in [-0.05, 0) is 12.8 Å². The fourth-order valence-corrected chi connectivity index (χ4v) is 2.29. The molecule has 2 atom stereocenters. The number of carbonyl (C=O) groups excluding carboxylic acids is 1. The van der Waals surface area contributed by atoms with E-state index in [4.69, 9.17) is 5.73 Å². The van der Waals surface area contributed by atoms with Crippen LogP contribution in [0.25, 0.3) is 0 Å². The topological polar surface area (TPSA) is 46.3 Å². The van der Waals surface area contributed by atoms with E-state index >= 15 is 0 Å². The molecule has 1 unspecified atom stereocenters. The van der Waals surface area contributed by atoms with Crippen LogP contribution in [0.3, 0.4) is 0 Å². The van der Waals surface area contributed by atoms with E-state index in [0.717, 1.165) is 0 Å². The molecule has 0 radical (unpaired) electrons. The summed E-state index contributed by atoms with van der Waals surface area (Å²) < 4.78 is 26.1. The van der Waals surface area contributed by atoms with Gasteiger partial charge < -0.3 is 10.6 Å². The van der Waals surface area contributed by atoms with Gasteiger partial charge in [-0.3, -0.25) is 4.79 Å². The third kappa shape index (κ3) is 1.91. The molecule has 1 aliphatic carbocycles. The number of alkyl halides is 2. The quantitative estimate of drug-likeness (QED) is 0.810. The molecular weight excluding hydrogens is 238 g/mol. The number of carbonyl (C=O) groups is 1. The number of nitrogens with two attached hydrogens (primary N) is 1. The zero-order valence-corrected chi connectivity index (χ0v) is 10.0. The summed E-state index contributed by atoms with van der Waals surface area (Å²) in [6, 6.07) is -0.535. The Kier molecular flexibility index (Phi) is 3.50. The van der Waals surface area contributed by atoms with Crippen molar-refractivity contribution in [1.29, 1.82) is 0 Å². The SMILES string of the molecule is CCC(N)C(=O)N1CC[C@]2(C1)CC2(F)F.Cl. The molecule has 94 valence electrons. The minimum Gasteiger partial charge on any atom is -0.341 e. The van der Waals surface area contributed by atoms with Gasteiger partial charge in [-0.2, -0.15) is 0 Å². The fraction of sp³-hybridized carbons (Fsp3) is 0.900. The van der Waals surface area contributed by atoms with Crippen molar-refractivity contribution in [3.8, 4) is 0 Å². The molecule has 16 heavy (non-hydrogen) atoms. The molecular formula is C10H17ClF2N2O. The van der Waals surface area contributed by atoms with E-state index in [1.165, 1.54) is 4.90 Å². The van der Waals surface area contributed by atoms with E-state index in [1.54, 1.807) is 0 Å². The third-order valence-electron chi connectivity index (χ3n) is 3.63. The molecule has 2 fully saturated rings. The van der Waals surface area contributed by atoms with Crippen LogP contribution >= 0.6 is 12.4 Å². The van der Waals surface area contributed by atoms with Crippen LogP contribution in [0.2, 0.25) is 0 Å². The van der Waals surface area contributed by atoms with Crippen LogP contribution in [0.15, 0.2) is 0 Å². The summed E-state index contributed by atoms with van der Waals surface area (Å²) in [5.74, 6) is -2.74. The molecule has 2 aliphatic rings. The lowest BCUT2D eigenvalue weighted by Crippen LogP contribution is -2.42. The molecule has 0 aromatic carbocycles. The maximum absolute atomic E-state index is 13.0. The van der Waals surface area contributed by atoms with Crippen molar-refractivity contribution in [2.75, 3.05) is 13.1 Å². The molecule has 3 nitrogen and oxygen atoms in total. The Hall–Kier alpha value is -0.420. The maximum atomic E-state index is 13.0. The summed E-state index contributed by atoms with van der Waals surface area (Å²) in [4.78, 5) is 13.2. The van der Waals surface area contributed by atoms with Crippen LogP contribution < -0.4 is 5.73 Å². The number of likely N-dealkylation sites (tertiary alicyclic amines) is 1. The second kappa shape index (κ2) is 4.11. The maximum Gasteiger partial charge on any atom is 0.256 e. The molecule has 1 aliphatic heterocycles. The Bertz CT molecular complexity index is 301. The lowest BCUT2D eigenvalue weighted by atomic mass is 10.1. The van der Waals surface area contributed by atoms with E-state index < -0.39 is 17.4 Å². The summed E-state index contributed by atoms with van der Waals surface area (Å²) in [5, 5.41) is 0. The lowest BCUT2D eigenvalue weighted by molar-refractivity contribution is -0.131. The van der Waals surface area contributed by atoms with Gasteiger partial charge in [-0.25, -0.2) is 8.78 Å². The number of amides is 1. The molecule has 1 saturated carbocycles. The fourth-order valence-electron chi connectivity index (χ4n) is 2.29. The van der Waals surface area contributed by atoms with E-state index in [-0.39, 0.29) is 31.3 Å². The second-order valence-corrected chi connectivity index (χ2v) is 4.69. The van der Waals surface area contributed by atoms with Gasteiger partial charge in [0.05, 0.1) is 11.5 Å². The molecule has 0 bridgehead atoms. The van der Waals surface area contributed by atoms with Crippen molar-refractivity contribution in [3.05, 3.63) is 0 Å². The van der Waals surface area contributed by atoms with Crippen LogP contribution in [-0.2, 0) is 4.79 Å². The average molecular weight is 255 g/mol. The van der Waals surface area contributed by atoms with Crippen LogP contribution in [-0.4, -0.2) is 35.9 Å². The molecule has 2 N–H and O–H groups in total. The molecule has 1 amide bonds. The standard InChI is InChI=1S/C10H16F2N2O.ClH/c1-2-7(13)8(15)14-4-3-9(6-14)5-10(9,11)12;/h7H,2-6,13H2,1H3;1H/t7?,9-;/m1./s1. The van der Waals surface area contributed by atoms with Gasteiger partial charge in [-0.15, -0.1) is 12.4 Å². The van der Waals surface area contributed by atoms with E-state index in [1.807, 2.05) is 6.92 Å². The molecule has 6 heteroatoms. The highest BCUT2D eigenvalue weighted by Gasteiger charge is 2.73. The Morgan fingerprint density at radius 1 is 1.56 bits per heavy atom. The van der Waals surface area contributed by atoms with E-state index in [9.17, 15) is 13.6 Å². The highest BCUT2D eigenvalue weighted by Crippen LogP contribution is 2.65. The van der Waals surface area contributed by atoms with E-state index in [2.05, 4.69) is 0 Å². The first-order chi connectivity index (χ1) is 6.92. The van der Waals surface area contributed by atoms with Gasteiger partial charge in [0.1, 0.15) is 0 Å². The summed E-state index contributed by atoms with van der Waals surface area (Å²) in [5.41, 5.74) is 4.69. The van der Waals surface area contributed by atoms with Crippen LogP contribution in [0, 0.1) is 5.41 Å². The van der Waals surface area contributed by atoms with Gasteiger partial charge in [0.25, 0.3) is 5.92 Å². The number of nitrogens with zero attached hydrogens (tertiary/aromatic N) is 1. The Morgan fingerprint density at radius 2 is 2.12 bits per heavy atom. The summed E-state index contributed by atoms with van der Waals surface area (Å²) >= 11 is 0. The van der Waals surface area contributed by atoms with Crippen molar-refractivity contribution >= 4 is 18.3 Å². The predicted molar refractivity (Wildman–Crippen MR) is 58.7 cm³/mol.